The first-order chi connectivity index (χ1) is 8.90. The van der Waals surface area contributed by atoms with Crippen molar-refractivity contribution in [3.63, 3.8) is 0 Å². The van der Waals surface area contributed by atoms with Crippen molar-refractivity contribution in [2.75, 3.05) is 6.54 Å². The van der Waals surface area contributed by atoms with E-state index in [4.69, 9.17) is 0 Å². The Labute approximate surface area is 118 Å². The highest BCUT2D eigenvalue weighted by Gasteiger charge is 2.27. The van der Waals surface area contributed by atoms with Gasteiger partial charge in [-0.3, -0.25) is 0 Å². The molecule has 2 rings (SSSR count). The molecule has 0 aliphatic heterocycles. The second kappa shape index (κ2) is 8.47. The lowest BCUT2D eigenvalue weighted by atomic mass is 10.0. The summed E-state index contributed by atoms with van der Waals surface area (Å²) in [5.41, 5.74) is 0. The molecule has 18 heavy (non-hydrogen) atoms. The Morgan fingerprint density at radius 1 is 0.889 bits per heavy atom. The van der Waals surface area contributed by atoms with Gasteiger partial charge in [-0.2, -0.15) is 11.8 Å². The molecular formula is C16H31NS. The van der Waals surface area contributed by atoms with Crippen LogP contribution in [0.25, 0.3) is 0 Å². The van der Waals surface area contributed by atoms with Crippen LogP contribution in [0.5, 0.6) is 0 Å². The number of rotatable bonds is 5. The lowest BCUT2D eigenvalue weighted by Crippen LogP contribution is -2.39. The van der Waals surface area contributed by atoms with Crippen LogP contribution in [-0.4, -0.2) is 23.1 Å². The van der Waals surface area contributed by atoms with E-state index < -0.39 is 0 Å². The molecule has 0 aromatic rings. The Hall–Kier alpha value is 0.310. The number of nitrogens with one attached hydrogen (secondary N) is 1. The Morgan fingerprint density at radius 3 is 2.28 bits per heavy atom. The summed E-state index contributed by atoms with van der Waals surface area (Å²) in [7, 11) is 0. The average molecular weight is 269 g/mol. The minimum atomic E-state index is 0.805. The summed E-state index contributed by atoms with van der Waals surface area (Å²) in [5.74, 6) is 0. The summed E-state index contributed by atoms with van der Waals surface area (Å²) in [5, 5.41) is 5.71. The number of hydrogen-bond acceptors (Lipinski definition) is 2. The molecule has 0 heterocycles. The van der Waals surface area contributed by atoms with E-state index in [1.807, 2.05) is 0 Å². The van der Waals surface area contributed by atoms with Crippen LogP contribution in [0, 0.1) is 0 Å². The van der Waals surface area contributed by atoms with Gasteiger partial charge in [0.15, 0.2) is 0 Å². The molecule has 0 saturated heterocycles. The molecule has 106 valence electrons. The largest absolute Gasteiger partial charge is 0.313 e. The Morgan fingerprint density at radius 2 is 1.56 bits per heavy atom. The lowest BCUT2D eigenvalue weighted by molar-refractivity contribution is 0.463. The highest BCUT2D eigenvalue weighted by atomic mass is 32.2. The minimum Gasteiger partial charge on any atom is -0.313 e. The highest BCUT2D eigenvalue weighted by Crippen LogP contribution is 2.36. The standard InChI is InChI=1S/C16H31NS/c1-2-13-17-15-11-7-4-8-12-16(15)18-14-9-5-3-6-10-14/h14-17H,2-13H2,1H3. The Balaban J connectivity index is 1.83. The molecule has 0 amide bonds. The van der Waals surface area contributed by atoms with Crippen molar-refractivity contribution in [3.8, 4) is 0 Å². The summed E-state index contributed by atoms with van der Waals surface area (Å²) in [6.07, 6.45) is 16.0. The van der Waals surface area contributed by atoms with Gasteiger partial charge in [-0.05, 0) is 38.6 Å². The Kier molecular flexibility index (Phi) is 6.93. The fourth-order valence-corrected chi connectivity index (χ4v) is 5.27. The average Bonchev–Trinajstić information content (AvgIpc) is 2.63. The van der Waals surface area contributed by atoms with Crippen LogP contribution in [0.4, 0.5) is 0 Å². The van der Waals surface area contributed by atoms with E-state index in [-0.39, 0.29) is 0 Å². The first-order valence-corrected chi connectivity index (χ1v) is 9.23. The van der Waals surface area contributed by atoms with Crippen LogP contribution in [-0.2, 0) is 0 Å². The molecule has 0 aromatic carbocycles. The third-order valence-electron chi connectivity index (χ3n) is 4.53. The first-order valence-electron chi connectivity index (χ1n) is 8.29. The summed E-state index contributed by atoms with van der Waals surface area (Å²) in [4.78, 5) is 0. The normalized spacial score (nSPS) is 31.2. The van der Waals surface area contributed by atoms with E-state index in [1.165, 1.54) is 77.2 Å². The van der Waals surface area contributed by atoms with Crippen molar-refractivity contribution in [2.45, 2.75) is 94.1 Å². The summed E-state index contributed by atoms with van der Waals surface area (Å²) < 4.78 is 0. The van der Waals surface area contributed by atoms with E-state index in [9.17, 15) is 0 Å². The zero-order valence-electron chi connectivity index (χ0n) is 12.1. The fourth-order valence-electron chi connectivity index (χ4n) is 3.45. The lowest BCUT2D eigenvalue weighted by Gasteiger charge is -2.31. The van der Waals surface area contributed by atoms with Crippen LogP contribution in [0.2, 0.25) is 0 Å². The molecule has 2 unspecified atom stereocenters. The van der Waals surface area contributed by atoms with E-state index in [1.54, 1.807) is 0 Å². The van der Waals surface area contributed by atoms with Crippen LogP contribution in [0.3, 0.4) is 0 Å². The van der Waals surface area contributed by atoms with Gasteiger partial charge in [0.2, 0.25) is 0 Å². The van der Waals surface area contributed by atoms with Gasteiger partial charge in [0.25, 0.3) is 0 Å². The van der Waals surface area contributed by atoms with Crippen LogP contribution >= 0.6 is 11.8 Å². The predicted octanol–water partition coefficient (Wildman–Crippen LogP) is 4.75. The van der Waals surface area contributed by atoms with Crippen molar-refractivity contribution in [1.82, 2.24) is 5.32 Å². The van der Waals surface area contributed by atoms with Gasteiger partial charge in [-0.1, -0.05) is 45.4 Å². The van der Waals surface area contributed by atoms with Crippen molar-refractivity contribution < 1.29 is 0 Å². The quantitative estimate of drug-likeness (QED) is 0.723. The minimum absolute atomic E-state index is 0.805. The highest BCUT2D eigenvalue weighted by molar-refractivity contribution is 8.00. The molecule has 2 aliphatic carbocycles. The summed E-state index contributed by atoms with van der Waals surface area (Å²) in [6, 6.07) is 0.805. The van der Waals surface area contributed by atoms with E-state index in [0.29, 0.717) is 0 Å². The van der Waals surface area contributed by atoms with E-state index >= 15 is 0 Å². The topological polar surface area (TPSA) is 12.0 Å². The molecule has 2 fully saturated rings. The fraction of sp³-hybridized carbons (Fsp3) is 1.00. The third-order valence-corrected chi connectivity index (χ3v) is 6.30. The molecule has 2 aliphatic rings. The van der Waals surface area contributed by atoms with Gasteiger partial charge in [0.05, 0.1) is 0 Å². The zero-order chi connectivity index (χ0) is 12.6. The number of hydrogen-bond donors (Lipinski definition) is 1. The second-order valence-electron chi connectivity index (χ2n) is 6.13. The molecule has 0 radical (unpaired) electrons. The molecule has 1 nitrogen and oxygen atoms in total. The van der Waals surface area contributed by atoms with Crippen LogP contribution in [0.1, 0.15) is 77.6 Å². The van der Waals surface area contributed by atoms with Gasteiger partial charge in [0, 0.05) is 16.5 Å². The van der Waals surface area contributed by atoms with Gasteiger partial charge >= 0.3 is 0 Å². The maximum Gasteiger partial charge on any atom is 0.0203 e. The summed E-state index contributed by atoms with van der Waals surface area (Å²) >= 11 is 2.35. The van der Waals surface area contributed by atoms with Gasteiger partial charge in [-0.25, -0.2) is 0 Å². The van der Waals surface area contributed by atoms with Crippen molar-refractivity contribution >= 4 is 11.8 Å². The number of thioether (sulfide) groups is 1. The van der Waals surface area contributed by atoms with Gasteiger partial charge < -0.3 is 5.32 Å². The molecule has 2 heteroatoms. The predicted molar refractivity (Wildman–Crippen MR) is 83.4 cm³/mol. The molecule has 2 saturated carbocycles. The molecular weight excluding hydrogens is 238 g/mol. The van der Waals surface area contributed by atoms with Gasteiger partial charge in [0.1, 0.15) is 0 Å². The van der Waals surface area contributed by atoms with Gasteiger partial charge in [-0.15, -0.1) is 0 Å². The van der Waals surface area contributed by atoms with E-state index in [0.717, 1.165) is 16.5 Å². The first kappa shape index (κ1) is 14.7. The van der Waals surface area contributed by atoms with Crippen LogP contribution in [0.15, 0.2) is 0 Å². The van der Waals surface area contributed by atoms with Crippen LogP contribution < -0.4 is 5.32 Å². The van der Waals surface area contributed by atoms with E-state index in [2.05, 4.69) is 24.0 Å². The maximum atomic E-state index is 3.83. The monoisotopic (exact) mass is 269 g/mol. The maximum absolute atomic E-state index is 3.83. The molecule has 1 N–H and O–H groups in total. The smallest absolute Gasteiger partial charge is 0.0203 e. The zero-order valence-corrected chi connectivity index (χ0v) is 12.9. The molecule has 0 aromatic heterocycles. The molecule has 0 spiro atoms. The third kappa shape index (κ3) is 4.77. The summed E-state index contributed by atoms with van der Waals surface area (Å²) in [6.45, 7) is 3.50. The second-order valence-corrected chi connectivity index (χ2v) is 7.68. The molecule has 0 bridgehead atoms. The Bertz CT molecular complexity index is 213. The van der Waals surface area contributed by atoms with Crippen molar-refractivity contribution in [3.05, 3.63) is 0 Å². The van der Waals surface area contributed by atoms with Crippen molar-refractivity contribution in [1.29, 1.82) is 0 Å². The van der Waals surface area contributed by atoms with Crippen molar-refractivity contribution in [2.24, 2.45) is 0 Å². The SMILES string of the molecule is CCCNC1CCCCCC1SC1CCCCC1. The molecule has 2 atom stereocenters.